The highest BCUT2D eigenvalue weighted by atomic mass is 14.9. The Labute approximate surface area is 309 Å². The highest BCUT2D eigenvalue weighted by Gasteiger charge is 2.63. The Kier molecular flexibility index (Phi) is 5.97. The first-order chi connectivity index (χ1) is 26.3. The molecule has 1 fully saturated rings. The summed E-state index contributed by atoms with van der Waals surface area (Å²) >= 11 is 0. The van der Waals surface area contributed by atoms with Crippen molar-refractivity contribution in [2.45, 2.75) is 5.41 Å². The van der Waals surface area contributed by atoms with Crippen molar-refractivity contribution >= 4 is 16.3 Å². The molecule has 5 aliphatic carbocycles. The van der Waals surface area contributed by atoms with Crippen molar-refractivity contribution in [1.29, 1.82) is 0 Å². The van der Waals surface area contributed by atoms with Gasteiger partial charge >= 0.3 is 0 Å². The van der Waals surface area contributed by atoms with Gasteiger partial charge in [0.25, 0.3) is 0 Å². The molecule has 1 saturated carbocycles. The zero-order valence-electron chi connectivity index (χ0n) is 29.0. The summed E-state index contributed by atoms with van der Waals surface area (Å²) in [5, 5.41) is 2.77. The predicted octanol–water partition coefficient (Wildman–Crippen LogP) is 12.1. The molecular weight excluding hydrogens is 641 g/mol. The number of fused-ring (bicyclic) bond motifs is 14. The van der Waals surface area contributed by atoms with Gasteiger partial charge in [0.1, 0.15) is 0 Å². The molecule has 5 unspecified atom stereocenters. The molecule has 0 radical (unpaired) electrons. The average Bonchev–Trinajstić information content (AvgIpc) is 3.84. The summed E-state index contributed by atoms with van der Waals surface area (Å²) in [6.45, 7) is 0. The van der Waals surface area contributed by atoms with Gasteiger partial charge in [-0.2, -0.15) is 0 Å². The molecule has 7 aromatic rings. The maximum atomic E-state index is 5.30. The SMILES string of the molecule is C1=CC2C3C=CC(c4cc(-c5ccccc5)nc(-c5ccccc5)n4)=CC3C3(c4ccccc4-c4c3cc3c5c(cccc45)-c4ccccc4-3)C2C=C1. The Balaban J connectivity index is 1.13. The maximum Gasteiger partial charge on any atom is 0.160 e. The number of hydrogen-bond donors (Lipinski definition) is 0. The second-order valence-corrected chi connectivity index (χ2v) is 15.2. The van der Waals surface area contributed by atoms with Crippen molar-refractivity contribution in [3.05, 3.63) is 199 Å². The summed E-state index contributed by atoms with van der Waals surface area (Å²) in [5.41, 5.74) is 16.1. The summed E-state index contributed by atoms with van der Waals surface area (Å²) in [6, 6.07) is 51.0. The first kappa shape index (κ1) is 29.2. The molecule has 2 nitrogen and oxygen atoms in total. The summed E-state index contributed by atoms with van der Waals surface area (Å²) in [5.74, 6) is 1.99. The fourth-order valence-electron chi connectivity index (χ4n) is 10.8. The molecule has 12 rings (SSSR count). The minimum Gasteiger partial charge on any atom is -0.228 e. The summed E-state index contributed by atoms with van der Waals surface area (Å²) in [4.78, 5) is 10.4. The molecule has 0 amide bonds. The van der Waals surface area contributed by atoms with E-state index in [1.807, 2.05) is 6.07 Å². The van der Waals surface area contributed by atoms with Gasteiger partial charge in [0.05, 0.1) is 11.4 Å². The maximum absolute atomic E-state index is 5.30. The first-order valence-corrected chi connectivity index (χ1v) is 18.8. The molecule has 1 aromatic heterocycles. The average molecular weight is 675 g/mol. The Morgan fingerprint density at radius 1 is 0.472 bits per heavy atom. The molecule has 5 aliphatic rings. The molecule has 53 heavy (non-hydrogen) atoms. The van der Waals surface area contributed by atoms with Gasteiger partial charge in [-0.1, -0.05) is 170 Å². The van der Waals surface area contributed by atoms with Crippen LogP contribution >= 0.6 is 0 Å². The Hall–Kier alpha value is -6.38. The van der Waals surface area contributed by atoms with E-state index in [1.54, 1.807) is 0 Å². The lowest BCUT2D eigenvalue weighted by molar-refractivity contribution is 0.372. The lowest BCUT2D eigenvalue weighted by Crippen LogP contribution is -2.37. The largest absolute Gasteiger partial charge is 0.228 e. The van der Waals surface area contributed by atoms with E-state index in [-0.39, 0.29) is 11.3 Å². The van der Waals surface area contributed by atoms with Crippen LogP contribution < -0.4 is 0 Å². The van der Waals surface area contributed by atoms with E-state index in [2.05, 4.69) is 176 Å². The molecule has 2 heteroatoms. The van der Waals surface area contributed by atoms with E-state index in [9.17, 15) is 0 Å². The zero-order valence-corrected chi connectivity index (χ0v) is 29.0. The zero-order chi connectivity index (χ0) is 34.7. The minimum absolute atomic E-state index is 0.215. The van der Waals surface area contributed by atoms with Crippen molar-refractivity contribution in [2.24, 2.45) is 23.7 Å². The normalized spacial score (nSPS) is 23.4. The van der Waals surface area contributed by atoms with Crippen LogP contribution in [-0.4, -0.2) is 9.97 Å². The molecule has 248 valence electrons. The van der Waals surface area contributed by atoms with Crippen molar-refractivity contribution < 1.29 is 0 Å². The number of benzene rings is 6. The van der Waals surface area contributed by atoms with Crippen molar-refractivity contribution in [3.8, 4) is 56.0 Å². The third kappa shape index (κ3) is 3.88. The summed E-state index contributed by atoms with van der Waals surface area (Å²) in [6.07, 6.45) is 17.0. The van der Waals surface area contributed by atoms with Gasteiger partial charge in [-0.25, -0.2) is 9.97 Å². The molecule has 5 atom stereocenters. The van der Waals surface area contributed by atoms with Crippen molar-refractivity contribution in [2.75, 3.05) is 0 Å². The highest BCUT2D eigenvalue weighted by molar-refractivity contribution is 6.20. The van der Waals surface area contributed by atoms with Crippen LogP contribution in [-0.2, 0) is 5.41 Å². The second kappa shape index (κ2) is 10.8. The van der Waals surface area contributed by atoms with E-state index in [0.717, 1.165) is 33.9 Å². The molecule has 1 spiro atoms. The Bertz CT molecular complexity index is 2750. The standard InChI is InChI=1S/C51H34N2/c1-3-14-31(15-4-1)46-30-47(53-50(52-46)32-16-5-2-6-17-32)33-26-27-37-36-20-9-11-24-42(36)51(44(37)28-33)43-25-12-10-21-39(43)49-40-23-13-22-38-34-18-7-8-19-35(34)41(48(38)40)29-45(49)51/h1-30,36-37,42,44H. The fourth-order valence-corrected chi connectivity index (χ4v) is 10.8. The third-order valence-electron chi connectivity index (χ3n) is 12.8. The van der Waals surface area contributed by atoms with E-state index >= 15 is 0 Å². The molecule has 6 aromatic carbocycles. The van der Waals surface area contributed by atoms with E-state index < -0.39 is 0 Å². The first-order valence-electron chi connectivity index (χ1n) is 18.8. The number of nitrogens with zero attached hydrogens (tertiary/aromatic N) is 2. The monoisotopic (exact) mass is 674 g/mol. The molecule has 1 heterocycles. The van der Waals surface area contributed by atoms with Crippen LogP contribution in [0.4, 0.5) is 0 Å². The lowest BCUT2D eigenvalue weighted by Gasteiger charge is -2.39. The van der Waals surface area contributed by atoms with Crippen LogP contribution in [0.15, 0.2) is 182 Å². The Morgan fingerprint density at radius 2 is 1.13 bits per heavy atom. The van der Waals surface area contributed by atoms with Crippen LogP contribution in [0.2, 0.25) is 0 Å². The molecule has 0 N–H and O–H groups in total. The van der Waals surface area contributed by atoms with Gasteiger partial charge in [0.15, 0.2) is 5.82 Å². The number of hydrogen-bond acceptors (Lipinski definition) is 2. The van der Waals surface area contributed by atoms with Crippen LogP contribution in [0.1, 0.15) is 16.8 Å². The van der Waals surface area contributed by atoms with Gasteiger partial charge in [-0.15, -0.1) is 0 Å². The topological polar surface area (TPSA) is 25.8 Å². The molecule has 0 bridgehead atoms. The van der Waals surface area contributed by atoms with Crippen LogP contribution in [0.5, 0.6) is 0 Å². The van der Waals surface area contributed by atoms with Gasteiger partial charge < -0.3 is 0 Å². The van der Waals surface area contributed by atoms with Crippen molar-refractivity contribution in [1.82, 2.24) is 9.97 Å². The van der Waals surface area contributed by atoms with E-state index in [4.69, 9.17) is 9.97 Å². The van der Waals surface area contributed by atoms with Crippen molar-refractivity contribution in [3.63, 3.8) is 0 Å². The van der Waals surface area contributed by atoms with Gasteiger partial charge in [0.2, 0.25) is 0 Å². The number of rotatable bonds is 3. The third-order valence-corrected chi connectivity index (χ3v) is 12.8. The highest BCUT2D eigenvalue weighted by Crippen LogP contribution is 2.69. The van der Waals surface area contributed by atoms with E-state index in [0.29, 0.717) is 17.8 Å². The summed E-state index contributed by atoms with van der Waals surface area (Å²) < 4.78 is 0. The van der Waals surface area contributed by atoms with Crippen LogP contribution in [0.25, 0.3) is 72.4 Å². The number of allylic oxidation sites excluding steroid dienone is 8. The minimum atomic E-state index is -0.256. The second-order valence-electron chi connectivity index (χ2n) is 15.2. The quantitative estimate of drug-likeness (QED) is 0.186. The molecule has 0 saturated heterocycles. The van der Waals surface area contributed by atoms with Gasteiger partial charge in [-0.05, 0) is 96.7 Å². The van der Waals surface area contributed by atoms with Crippen LogP contribution in [0.3, 0.4) is 0 Å². The Morgan fingerprint density at radius 3 is 1.96 bits per heavy atom. The summed E-state index contributed by atoms with van der Waals surface area (Å²) in [7, 11) is 0. The fraction of sp³-hybridized carbons (Fsp3) is 0.0980. The molecule has 0 aliphatic heterocycles. The smallest absolute Gasteiger partial charge is 0.160 e. The van der Waals surface area contributed by atoms with Crippen LogP contribution in [0, 0.1) is 23.7 Å². The predicted molar refractivity (Wildman–Crippen MR) is 217 cm³/mol. The molecular formula is C51H34N2. The lowest BCUT2D eigenvalue weighted by atomic mass is 9.62. The number of aromatic nitrogens is 2. The van der Waals surface area contributed by atoms with Gasteiger partial charge in [0, 0.05) is 16.5 Å². The van der Waals surface area contributed by atoms with Gasteiger partial charge in [-0.3, -0.25) is 0 Å². The van der Waals surface area contributed by atoms with E-state index in [1.165, 1.54) is 55.3 Å².